The molecule has 1 heterocycles. The number of benzene rings is 1. The minimum Gasteiger partial charge on any atom is -0.481 e. The van der Waals surface area contributed by atoms with Gasteiger partial charge in [0.25, 0.3) is 5.91 Å². The number of hydrogen-bond donors (Lipinski definition) is 0. The number of ether oxygens (including phenoxy) is 1. The molecule has 104 valence electrons. The molecule has 1 aliphatic heterocycles. The predicted octanol–water partition coefficient (Wildman–Crippen LogP) is 3.25. The molecule has 2 rings (SSSR count). The maximum atomic E-state index is 12.5. The van der Waals surface area contributed by atoms with E-state index in [0.717, 1.165) is 31.7 Å². The van der Waals surface area contributed by atoms with Crippen LogP contribution < -0.4 is 4.74 Å². The van der Waals surface area contributed by atoms with Gasteiger partial charge >= 0.3 is 0 Å². The van der Waals surface area contributed by atoms with Crippen LogP contribution in [0.5, 0.6) is 5.75 Å². The molecule has 0 bridgehead atoms. The molecular formula is C16H23NO2. The third-order valence-corrected chi connectivity index (χ3v) is 3.59. The van der Waals surface area contributed by atoms with Gasteiger partial charge in [-0.1, -0.05) is 38.0 Å². The first-order chi connectivity index (χ1) is 9.31. The van der Waals surface area contributed by atoms with E-state index in [2.05, 4.69) is 0 Å². The lowest BCUT2D eigenvalue weighted by Crippen LogP contribution is -2.42. The van der Waals surface area contributed by atoms with E-state index >= 15 is 0 Å². The average molecular weight is 261 g/mol. The normalized spacial score (nSPS) is 17.6. The Kier molecular flexibility index (Phi) is 5.25. The predicted molar refractivity (Wildman–Crippen MR) is 76.2 cm³/mol. The molecule has 1 atom stereocenters. The van der Waals surface area contributed by atoms with Gasteiger partial charge < -0.3 is 9.64 Å². The molecular weight excluding hydrogens is 238 g/mol. The lowest BCUT2D eigenvalue weighted by molar-refractivity contribution is -0.138. The Morgan fingerprint density at radius 3 is 2.37 bits per heavy atom. The van der Waals surface area contributed by atoms with Gasteiger partial charge in [-0.25, -0.2) is 0 Å². The number of carbonyl (C=O) groups excluding carboxylic acids is 1. The quantitative estimate of drug-likeness (QED) is 0.832. The van der Waals surface area contributed by atoms with Gasteiger partial charge in [0.2, 0.25) is 0 Å². The smallest absolute Gasteiger partial charge is 0.263 e. The van der Waals surface area contributed by atoms with Gasteiger partial charge in [0.1, 0.15) is 5.75 Å². The zero-order valence-electron chi connectivity index (χ0n) is 11.7. The standard InChI is InChI=1S/C16H23NO2/c1-2-15(19-14-10-6-5-7-11-14)16(18)17-12-8-3-4-9-13-17/h5-7,10-11,15H,2-4,8-9,12-13H2,1H3. The minimum absolute atomic E-state index is 0.147. The van der Waals surface area contributed by atoms with Crippen molar-refractivity contribution in [2.45, 2.75) is 45.1 Å². The first kappa shape index (κ1) is 13.9. The van der Waals surface area contributed by atoms with Crippen LogP contribution in [0.25, 0.3) is 0 Å². The summed E-state index contributed by atoms with van der Waals surface area (Å²) in [7, 11) is 0. The second kappa shape index (κ2) is 7.17. The molecule has 1 fully saturated rings. The van der Waals surface area contributed by atoms with Crippen LogP contribution in [0.15, 0.2) is 30.3 Å². The van der Waals surface area contributed by atoms with Crippen molar-refractivity contribution in [2.75, 3.05) is 13.1 Å². The Hall–Kier alpha value is -1.51. The lowest BCUT2D eigenvalue weighted by Gasteiger charge is -2.26. The number of likely N-dealkylation sites (tertiary alicyclic amines) is 1. The van der Waals surface area contributed by atoms with Crippen molar-refractivity contribution in [1.82, 2.24) is 4.90 Å². The van der Waals surface area contributed by atoms with E-state index in [1.807, 2.05) is 42.2 Å². The van der Waals surface area contributed by atoms with Crippen LogP contribution in [0.1, 0.15) is 39.0 Å². The summed E-state index contributed by atoms with van der Waals surface area (Å²) in [5.74, 6) is 0.922. The monoisotopic (exact) mass is 261 g/mol. The van der Waals surface area contributed by atoms with Gasteiger partial charge in [0, 0.05) is 13.1 Å². The fourth-order valence-electron chi connectivity index (χ4n) is 2.47. The first-order valence-electron chi connectivity index (χ1n) is 7.31. The number of carbonyl (C=O) groups is 1. The number of para-hydroxylation sites is 1. The summed E-state index contributed by atoms with van der Waals surface area (Å²) >= 11 is 0. The Bertz CT molecular complexity index is 383. The van der Waals surface area contributed by atoms with E-state index in [-0.39, 0.29) is 12.0 Å². The molecule has 1 aromatic rings. The molecule has 3 nitrogen and oxygen atoms in total. The fourth-order valence-corrected chi connectivity index (χ4v) is 2.47. The van der Waals surface area contributed by atoms with Gasteiger partial charge in [-0.15, -0.1) is 0 Å². The fraction of sp³-hybridized carbons (Fsp3) is 0.562. The Morgan fingerprint density at radius 2 is 1.79 bits per heavy atom. The Balaban J connectivity index is 1.98. The van der Waals surface area contributed by atoms with Crippen molar-refractivity contribution < 1.29 is 9.53 Å². The second-order valence-corrected chi connectivity index (χ2v) is 5.07. The van der Waals surface area contributed by atoms with Crippen molar-refractivity contribution >= 4 is 5.91 Å². The van der Waals surface area contributed by atoms with Gasteiger partial charge in [-0.3, -0.25) is 4.79 Å². The molecule has 1 unspecified atom stereocenters. The molecule has 1 saturated heterocycles. The van der Waals surface area contributed by atoms with Gasteiger partial charge in [0.15, 0.2) is 6.10 Å². The summed E-state index contributed by atoms with van der Waals surface area (Å²) in [6.45, 7) is 3.77. The van der Waals surface area contributed by atoms with Gasteiger partial charge in [-0.05, 0) is 31.4 Å². The Morgan fingerprint density at radius 1 is 1.16 bits per heavy atom. The first-order valence-corrected chi connectivity index (χ1v) is 7.31. The molecule has 0 aliphatic carbocycles. The van der Waals surface area contributed by atoms with E-state index < -0.39 is 0 Å². The van der Waals surface area contributed by atoms with Crippen molar-refractivity contribution in [3.63, 3.8) is 0 Å². The second-order valence-electron chi connectivity index (χ2n) is 5.07. The van der Waals surface area contributed by atoms with Crippen molar-refractivity contribution in [1.29, 1.82) is 0 Å². The van der Waals surface area contributed by atoms with Crippen molar-refractivity contribution in [3.8, 4) is 5.75 Å². The number of hydrogen-bond acceptors (Lipinski definition) is 2. The van der Waals surface area contributed by atoms with Crippen LogP contribution in [0.2, 0.25) is 0 Å². The molecule has 0 spiro atoms. The highest BCUT2D eigenvalue weighted by molar-refractivity contribution is 5.81. The van der Waals surface area contributed by atoms with E-state index in [1.54, 1.807) is 0 Å². The molecule has 1 aromatic carbocycles. The summed E-state index contributed by atoms with van der Waals surface area (Å²) < 4.78 is 5.83. The van der Waals surface area contributed by atoms with Crippen LogP contribution in [-0.4, -0.2) is 30.0 Å². The highest BCUT2D eigenvalue weighted by Gasteiger charge is 2.25. The van der Waals surface area contributed by atoms with E-state index in [4.69, 9.17) is 4.74 Å². The topological polar surface area (TPSA) is 29.5 Å². The van der Waals surface area contributed by atoms with Crippen LogP contribution >= 0.6 is 0 Å². The number of nitrogens with zero attached hydrogens (tertiary/aromatic N) is 1. The molecule has 1 aliphatic rings. The third kappa shape index (κ3) is 3.98. The number of rotatable bonds is 4. The molecule has 19 heavy (non-hydrogen) atoms. The highest BCUT2D eigenvalue weighted by Crippen LogP contribution is 2.16. The molecule has 1 amide bonds. The molecule has 0 saturated carbocycles. The van der Waals surface area contributed by atoms with E-state index in [1.165, 1.54) is 12.8 Å². The van der Waals surface area contributed by atoms with Crippen LogP contribution in [0, 0.1) is 0 Å². The molecule has 3 heteroatoms. The molecule has 0 N–H and O–H groups in total. The van der Waals surface area contributed by atoms with Gasteiger partial charge in [0.05, 0.1) is 0 Å². The summed E-state index contributed by atoms with van der Waals surface area (Å²) in [5.41, 5.74) is 0. The lowest BCUT2D eigenvalue weighted by atomic mass is 10.2. The minimum atomic E-state index is -0.347. The van der Waals surface area contributed by atoms with Crippen molar-refractivity contribution in [3.05, 3.63) is 30.3 Å². The summed E-state index contributed by atoms with van der Waals surface area (Å²) in [6.07, 6.45) is 5.08. The number of amides is 1. The highest BCUT2D eigenvalue weighted by atomic mass is 16.5. The largest absolute Gasteiger partial charge is 0.481 e. The average Bonchev–Trinajstić information content (AvgIpc) is 2.74. The SMILES string of the molecule is CCC(Oc1ccccc1)C(=O)N1CCCCCC1. The zero-order chi connectivity index (χ0) is 13.5. The summed E-state index contributed by atoms with van der Waals surface area (Å²) in [4.78, 5) is 14.5. The maximum absolute atomic E-state index is 12.5. The molecule has 0 aromatic heterocycles. The maximum Gasteiger partial charge on any atom is 0.263 e. The van der Waals surface area contributed by atoms with Crippen LogP contribution in [0.3, 0.4) is 0 Å². The van der Waals surface area contributed by atoms with Crippen LogP contribution in [-0.2, 0) is 4.79 Å². The van der Waals surface area contributed by atoms with Crippen LogP contribution in [0.4, 0.5) is 0 Å². The summed E-state index contributed by atoms with van der Waals surface area (Å²) in [6, 6.07) is 9.61. The third-order valence-electron chi connectivity index (χ3n) is 3.59. The molecule has 0 radical (unpaired) electrons. The van der Waals surface area contributed by atoms with Crippen molar-refractivity contribution in [2.24, 2.45) is 0 Å². The van der Waals surface area contributed by atoms with E-state index in [0.29, 0.717) is 6.42 Å². The van der Waals surface area contributed by atoms with E-state index in [9.17, 15) is 4.79 Å². The Labute approximate surface area is 115 Å². The summed E-state index contributed by atoms with van der Waals surface area (Å²) in [5, 5.41) is 0. The zero-order valence-corrected chi connectivity index (χ0v) is 11.7. The van der Waals surface area contributed by atoms with Gasteiger partial charge in [-0.2, -0.15) is 0 Å².